The van der Waals surface area contributed by atoms with Gasteiger partial charge in [-0.15, -0.1) is 11.3 Å². The number of para-hydroxylation sites is 1. The van der Waals surface area contributed by atoms with Gasteiger partial charge in [-0.2, -0.15) is 0 Å². The summed E-state index contributed by atoms with van der Waals surface area (Å²) in [6.45, 7) is 1.79. The van der Waals surface area contributed by atoms with Crippen molar-refractivity contribution in [1.29, 1.82) is 0 Å². The van der Waals surface area contributed by atoms with E-state index in [1.165, 1.54) is 11.8 Å². The molecular weight excluding hydrogens is 228 g/mol. The molecule has 0 saturated heterocycles. The summed E-state index contributed by atoms with van der Waals surface area (Å²) in [4.78, 5) is 15.3. The minimum absolute atomic E-state index is 0.231. The molecule has 0 radical (unpaired) electrons. The van der Waals surface area contributed by atoms with Crippen molar-refractivity contribution in [3.63, 3.8) is 0 Å². The third-order valence-corrected chi connectivity index (χ3v) is 4.20. The van der Waals surface area contributed by atoms with Crippen LogP contribution in [0.4, 0.5) is 0 Å². The van der Waals surface area contributed by atoms with Crippen LogP contribution in [0.5, 0.6) is 0 Å². The van der Waals surface area contributed by atoms with Crippen molar-refractivity contribution in [2.24, 2.45) is 5.73 Å². The standard InChI is InChI=1S/C10H10N2OS2/c1-6(9(11)13)14-10-12-7-4-2-3-5-8(7)15-10/h2-6H,1H3,(H2,11,13). The number of primary amides is 1. The number of amides is 1. The van der Waals surface area contributed by atoms with Crippen LogP contribution < -0.4 is 5.73 Å². The summed E-state index contributed by atoms with van der Waals surface area (Å²) in [5.74, 6) is -0.306. The minimum atomic E-state index is -0.306. The quantitative estimate of drug-likeness (QED) is 0.834. The maximum absolute atomic E-state index is 10.9. The van der Waals surface area contributed by atoms with Crippen molar-refractivity contribution in [3.8, 4) is 0 Å². The molecule has 2 aromatic rings. The molecule has 0 aliphatic heterocycles. The zero-order valence-electron chi connectivity index (χ0n) is 8.14. The number of benzene rings is 1. The number of nitrogens with two attached hydrogens (primary N) is 1. The van der Waals surface area contributed by atoms with E-state index in [2.05, 4.69) is 4.98 Å². The maximum atomic E-state index is 10.9. The van der Waals surface area contributed by atoms with Gasteiger partial charge in [0.05, 0.1) is 15.5 Å². The first-order valence-electron chi connectivity index (χ1n) is 4.48. The Morgan fingerprint density at radius 1 is 1.53 bits per heavy atom. The van der Waals surface area contributed by atoms with Crippen LogP contribution in [0.3, 0.4) is 0 Å². The van der Waals surface area contributed by atoms with Crippen molar-refractivity contribution in [1.82, 2.24) is 4.98 Å². The molecular formula is C10H10N2OS2. The summed E-state index contributed by atoms with van der Waals surface area (Å²) in [6, 6.07) is 7.91. The lowest BCUT2D eigenvalue weighted by Gasteiger charge is -2.01. The zero-order chi connectivity index (χ0) is 10.8. The molecule has 3 nitrogen and oxygen atoms in total. The molecule has 1 aromatic carbocycles. The van der Waals surface area contributed by atoms with Gasteiger partial charge >= 0.3 is 0 Å². The first-order valence-corrected chi connectivity index (χ1v) is 6.18. The molecule has 1 aromatic heterocycles. The Labute approximate surface area is 95.7 Å². The van der Waals surface area contributed by atoms with Crippen LogP contribution in [0.1, 0.15) is 6.92 Å². The number of carbonyl (C=O) groups is 1. The number of aromatic nitrogens is 1. The van der Waals surface area contributed by atoms with E-state index in [1.54, 1.807) is 18.3 Å². The average Bonchev–Trinajstić information content (AvgIpc) is 2.59. The highest BCUT2D eigenvalue weighted by molar-refractivity contribution is 8.02. The van der Waals surface area contributed by atoms with Crippen molar-refractivity contribution in [3.05, 3.63) is 24.3 Å². The summed E-state index contributed by atoms with van der Waals surface area (Å²) in [5, 5.41) is -0.231. The van der Waals surface area contributed by atoms with Gasteiger partial charge in [-0.3, -0.25) is 4.79 Å². The van der Waals surface area contributed by atoms with Crippen LogP contribution in [-0.4, -0.2) is 16.1 Å². The summed E-state index contributed by atoms with van der Waals surface area (Å²) < 4.78 is 2.03. The molecule has 78 valence electrons. The monoisotopic (exact) mass is 238 g/mol. The Kier molecular flexibility index (Phi) is 2.93. The number of thioether (sulfide) groups is 1. The van der Waals surface area contributed by atoms with E-state index in [1.807, 2.05) is 24.3 Å². The molecule has 2 N–H and O–H groups in total. The fourth-order valence-electron chi connectivity index (χ4n) is 1.11. The fraction of sp³-hybridized carbons (Fsp3) is 0.200. The van der Waals surface area contributed by atoms with Crippen molar-refractivity contribution in [2.45, 2.75) is 16.5 Å². The van der Waals surface area contributed by atoms with Gasteiger partial charge in [0.25, 0.3) is 0 Å². The average molecular weight is 238 g/mol. The summed E-state index contributed by atoms with van der Waals surface area (Å²) in [7, 11) is 0. The molecule has 0 bridgehead atoms. The third kappa shape index (κ3) is 2.30. The summed E-state index contributed by atoms with van der Waals surface area (Å²) in [5.41, 5.74) is 6.17. The Morgan fingerprint density at radius 2 is 2.27 bits per heavy atom. The van der Waals surface area contributed by atoms with E-state index >= 15 is 0 Å². The number of carbonyl (C=O) groups excluding carboxylic acids is 1. The van der Waals surface area contributed by atoms with E-state index in [-0.39, 0.29) is 11.2 Å². The maximum Gasteiger partial charge on any atom is 0.230 e. The molecule has 0 saturated carbocycles. The van der Waals surface area contributed by atoms with Crippen LogP contribution in [0.25, 0.3) is 10.2 Å². The molecule has 5 heteroatoms. The van der Waals surface area contributed by atoms with Crippen LogP contribution in [-0.2, 0) is 4.79 Å². The lowest BCUT2D eigenvalue weighted by molar-refractivity contribution is -0.117. The number of nitrogens with zero attached hydrogens (tertiary/aromatic N) is 1. The van der Waals surface area contributed by atoms with E-state index < -0.39 is 0 Å². The van der Waals surface area contributed by atoms with E-state index in [0.717, 1.165) is 14.6 Å². The van der Waals surface area contributed by atoms with Crippen LogP contribution in [0.2, 0.25) is 0 Å². The molecule has 0 aliphatic rings. The van der Waals surface area contributed by atoms with Crippen LogP contribution in [0.15, 0.2) is 28.6 Å². The highest BCUT2D eigenvalue weighted by Crippen LogP contribution is 2.31. The molecule has 2 rings (SSSR count). The molecule has 1 atom stereocenters. The molecule has 1 amide bonds. The molecule has 1 heterocycles. The molecule has 0 spiro atoms. The van der Waals surface area contributed by atoms with Crippen LogP contribution in [0, 0.1) is 0 Å². The predicted molar refractivity (Wildman–Crippen MR) is 64.1 cm³/mol. The Morgan fingerprint density at radius 3 is 2.93 bits per heavy atom. The molecule has 0 aliphatic carbocycles. The number of hydrogen-bond donors (Lipinski definition) is 1. The number of hydrogen-bond acceptors (Lipinski definition) is 4. The number of fused-ring (bicyclic) bond motifs is 1. The summed E-state index contributed by atoms with van der Waals surface area (Å²) >= 11 is 3.00. The molecule has 1 unspecified atom stereocenters. The van der Waals surface area contributed by atoms with E-state index in [4.69, 9.17) is 5.73 Å². The van der Waals surface area contributed by atoms with Gasteiger partial charge in [0, 0.05) is 0 Å². The summed E-state index contributed by atoms with van der Waals surface area (Å²) in [6.07, 6.45) is 0. The lowest BCUT2D eigenvalue weighted by Crippen LogP contribution is -2.22. The Hall–Kier alpha value is -1.07. The van der Waals surface area contributed by atoms with Crippen molar-refractivity contribution in [2.75, 3.05) is 0 Å². The molecule has 0 fully saturated rings. The first-order chi connectivity index (χ1) is 7.16. The smallest absolute Gasteiger partial charge is 0.230 e. The SMILES string of the molecule is CC(Sc1nc2ccccc2s1)C(N)=O. The van der Waals surface area contributed by atoms with Gasteiger partial charge in [-0.1, -0.05) is 23.9 Å². The van der Waals surface area contributed by atoms with Crippen LogP contribution >= 0.6 is 23.1 Å². The zero-order valence-corrected chi connectivity index (χ0v) is 9.77. The normalized spacial score (nSPS) is 12.9. The number of rotatable bonds is 3. The second-order valence-electron chi connectivity index (χ2n) is 3.11. The van der Waals surface area contributed by atoms with E-state index in [0.29, 0.717) is 0 Å². The fourth-order valence-corrected chi connectivity index (χ4v) is 3.27. The highest BCUT2D eigenvalue weighted by atomic mass is 32.2. The highest BCUT2D eigenvalue weighted by Gasteiger charge is 2.13. The third-order valence-electron chi connectivity index (χ3n) is 1.95. The van der Waals surface area contributed by atoms with Crippen molar-refractivity contribution >= 4 is 39.2 Å². The second-order valence-corrected chi connectivity index (χ2v) is 5.73. The number of thiazole rings is 1. The topological polar surface area (TPSA) is 56.0 Å². The lowest BCUT2D eigenvalue weighted by atomic mass is 10.3. The van der Waals surface area contributed by atoms with Gasteiger partial charge in [-0.05, 0) is 19.1 Å². The Balaban J connectivity index is 2.26. The van der Waals surface area contributed by atoms with Gasteiger partial charge < -0.3 is 5.73 Å². The first kappa shape index (κ1) is 10.4. The van der Waals surface area contributed by atoms with Crippen molar-refractivity contribution < 1.29 is 4.79 Å². The molecule has 15 heavy (non-hydrogen) atoms. The predicted octanol–water partition coefficient (Wildman–Crippen LogP) is 2.26. The Bertz CT molecular complexity index is 462. The second kappa shape index (κ2) is 4.20. The minimum Gasteiger partial charge on any atom is -0.369 e. The van der Waals surface area contributed by atoms with Gasteiger partial charge in [-0.25, -0.2) is 4.98 Å². The van der Waals surface area contributed by atoms with Gasteiger partial charge in [0.2, 0.25) is 5.91 Å². The van der Waals surface area contributed by atoms with Gasteiger partial charge in [0.1, 0.15) is 0 Å². The van der Waals surface area contributed by atoms with E-state index in [9.17, 15) is 4.79 Å². The van der Waals surface area contributed by atoms with Gasteiger partial charge in [0.15, 0.2) is 4.34 Å². The largest absolute Gasteiger partial charge is 0.369 e.